The van der Waals surface area contributed by atoms with Crippen LogP contribution in [0, 0.1) is 0 Å². The van der Waals surface area contributed by atoms with Crippen LogP contribution in [0.5, 0.6) is 0 Å². The van der Waals surface area contributed by atoms with Crippen molar-refractivity contribution in [1.29, 1.82) is 0 Å². The van der Waals surface area contributed by atoms with Crippen LogP contribution < -0.4 is 5.73 Å². The minimum Gasteiger partial charge on any atom is -0.462 e. The van der Waals surface area contributed by atoms with Crippen LogP contribution in [0.4, 0.5) is 5.69 Å². The lowest BCUT2D eigenvalue weighted by Crippen LogP contribution is -2.07. The Morgan fingerprint density at radius 2 is 2.20 bits per heavy atom. The van der Waals surface area contributed by atoms with Gasteiger partial charge in [0, 0.05) is 23.7 Å². The molecule has 0 aliphatic rings. The number of carbonyl (C=O) groups excluding carboxylic acids is 1. The summed E-state index contributed by atoms with van der Waals surface area (Å²) in [5.74, 6) is -0.488. The third-order valence-electron chi connectivity index (χ3n) is 1.69. The number of rotatable bonds is 4. The van der Waals surface area contributed by atoms with Crippen molar-refractivity contribution in [3.05, 3.63) is 28.8 Å². The van der Waals surface area contributed by atoms with Gasteiger partial charge < -0.3 is 15.6 Å². The fourth-order valence-corrected chi connectivity index (χ4v) is 1.29. The Hall–Kier alpha value is -1.26. The number of aliphatic hydroxyl groups is 1. The number of ether oxygens (including phenoxy) is 1. The minimum absolute atomic E-state index is 0.00896. The van der Waals surface area contributed by atoms with Gasteiger partial charge in [0.05, 0.1) is 12.2 Å². The van der Waals surface area contributed by atoms with E-state index in [0.29, 0.717) is 22.7 Å². The van der Waals surface area contributed by atoms with Crippen molar-refractivity contribution >= 4 is 23.3 Å². The molecule has 0 amide bonds. The summed E-state index contributed by atoms with van der Waals surface area (Å²) in [7, 11) is 0. The number of hydrogen-bond acceptors (Lipinski definition) is 4. The van der Waals surface area contributed by atoms with Crippen LogP contribution >= 0.6 is 11.6 Å². The van der Waals surface area contributed by atoms with Gasteiger partial charge in [0.2, 0.25) is 0 Å². The van der Waals surface area contributed by atoms with Crippen molar-refractivity contribution in [3.63, 3.8) is 0 Å². The summed E-state index contributed by atoms with van der Waals surface area (Å²) in [6, 6.07) is 4.53. The Kier molecular flexibility index (Phi) is 4.39. The monoisotopic (exact) mass is 229 g/mol. The summed E-state index contributed by atoms with van der Waals surface area (Å²) in [6.07, 6.45) is 0.418. The fraction of sp³-hybridized carbons (Fsp3) is 0.300. The Morgan fingerprint density at radius 1 is 1.47 bits per heavy atom. The van der Waals surface area contributed by atoms with E-state index in [4.69, 9.17) is 27.2 Å². The molecule has 0 aliphatic heterocycles. The molecule has 0 saturated carbocycles. The van der Waals surface area contributed by atoms with Gasteiger partial charge in [0.15, 0.2) is 0 Å². The van der Waals surface area contributed by atoms with Crippen molar-refractivity contribution < 1.29 is 14.6 Å². The summed E-state index contributed by atoms with van der Waals surface area (Å²) in [5, 5.41) is 8.90. The highest BCUT2D eigenvalue weighted by Gasteiger charge is 2.08. The Morgan fingerprint density at radius 3 is 2.80 bits per heavy atom. The highest BCUT2D eigenvalue weighted by molar-refractivity contribution is 6.31. The second-order valence-electron chi connectivity index (χ2n) is 2.99. The van der Waals surface area contributed by atoms with Crippen LogP contribution in [0.15, 0.2) is 18.2 Å². The van der Waals surface area contributed by atoms with Gasteiger partial charge in [-0.25, -0.2) is 4.79 Å². The lowest BCUT2D eigenvalue weighted by molar-refractivity contribution is 0.0482. The molecule has 0 radical (unpaired) electrons. The summed E-state index contributed by atoms with van der Waals surface area (Å²) in [4.78, 5) is 11.4. The van der Waals surface area contributed by atoms with Crippen molar-refractivity contribution in [2.45, 2.75) is 6.42 Å². The maximum Gasteiger partial charge on any atom is 0.338 e. The first-order chi connectivity index (χ1) is 7.13. The van der Waals surface area contributed by atoms with E-state index in [1.165, 1.54) is 12.1 Å². The van der Waals surface area contributed by atoms with E-state index in [-0.39, 0.29) is 13.2 Å². The Labute approximate surface area is 92.6 Å². The van der Waals surface area contributed by atoms with Crippen molar-refractivity contribution in [3.8, 4) is 0 Å². The third kappa shape index (κ3) is 3.77. The molecule has 5 heteroatoms. The molecule has 1 rings (SSSR count). The van der Waals surface area contributed by atoms with E-state index < -0.39 is 5.97 Å². The van der Waals surface area contributed by atoms with E-state index in [0.717, 1.165) is 0 Å². The minimum atomic E-state index is -0.488. The zero-order valence-electron chi connectivity index (χ0n) is 8.07. The first-order valence-corrected chi connectivity index (χ1v) is 4.85. The maximum atomic E-state index is 11.4. The SMILES string of the molecule is Nc1cc(Cl)cc(C(=O)OCCCO)c1. The second kappa shape index (κ2) is 5.58. The smallest absolute Gasteiger partial charge is 0.338 e. The lowest BCUT2D eigenvalue weighted by Gasteiger charge is -2.04. The second-order valence-corrected chi connectivity index (χ2v) is 3.42. The molecule has 0 bridgehead atoms. The topological polar surface area (TPSA) is 72.6 Å². The van der Waals surface area contributed by atoms with Crippen LogP contribution in [0.1, 0.15) is 16.8 Å². The molecule has 15 heavy (non-hydrogen) atoms. The maximum absolute atomic E-state index is 11.4. The predicted molar refractivity (Wildman–Crippen MR) is 57.8 cm³/mol. The number of nitrogen functional groups attached to an aromatic ring is 1. The summed E-state index contributed by atoms with van der Waals surface area (Å²) < 4.78 is 4.87. The van der Waals surface area contributed by atoms with E-state index in [1.54, 1.807) is 6.07 Å². The number of nitrogens with two attached hydrogens (primary N) is 1. The number of halogens is 1. The highest BCUT2D eigenvalue weighted by Crippen LogP contribution is 2.17. The van der Waals surface area contributed by atoms with Crippen LogP contribution in [0.3, 0.4) is 0 Å². The fourth-order valence-electron chi connectivity index (χ4n) is 1.04. The Bertz CT molecular complexity index is 334. The van der Waals surface area contributed by atoms with Gasteiger partial charge in [0.1, 0.15) is 0 Å². The first kappa shape index (κ1) is 11.8. The van der Waals surface area contributed by atoms with E-state index in [1.807, 2.05) is 0 Å². The number of aliphatic hydroxyl groups excluding tert-OH is 1. The van der Waals surface area contributed by atoms with Crippen LogP contribution in [0.25, 0.3) is 0 Å². The van der Waals surface area contributed by atoms with Gasteiger partial charge in [-0.2, -0.15) is 0 Å². The van der Waals surface area contributed by atoms with E-state index >= 15 is 0 Å². The van der Waals surface area contributed by atoms with Crippen molar-refractivity contribution in [2.75, 3.05) is 18.9 Å². The van der Waals surface area contributed by atoms with Crippen LogP contribution in [0.2, 0.25) is 5.02 Å². The molecule has 4 nitrogen and oxygen atoms in total. The zero-order valence-corrected chi connectivity index (χ0v) is 8.83. The van der Waals surface area contributed by atoms with Crippen molar-refractivity contribution in [2.24, 2.45) is 0 Å². The molecule has 3 N–H and O–H groups in total. The number of benzene rings is 1. The molecule has 0 spiro atoms. The van der Waals surface area contributed by atoms with Gasteiger partial charge in [-0.05, 0) is 18.2 Å². The molecule has 1 aromatic carbocycles. The van der Waals surface area contributed by atoms with Gasteiger partial charge in [-0.1, -0.05) is 11.6 Å². The molecule has 0 aromatic heterocycles. The molecule has 0 fully saturated rings. The summed E-state index contributed by atoms with van der Waals surface area (Å²) >= 11 is 5.73. The molecule has 0 atom stereocenters. The number of hydrogen-bond donors (Lipinski definition) is 2. The lowest BCUT2D eigenvalue weighted by atomic mass is 10.2. The molecule has 0 saturated heterocycles. The van der Waals surface area contributed by atoms with Crippen LogP contribution in [-0.2, 0) is 4.74 Å². The molecular weight excluding hydrogens is 218 g/mol. The first-order valence-electron chi connectivity index (χ1n) is 4.47. The molecule has 0 aliphatic carbocycles. The standard InChI is InChI=1S/C10H12ClNO3/c11-8-4-7(5-9(12)6-8)10(14)15-3-1-2-13/h4-6,13H,1-3,12H2. The normalized spacial score (nSPS) is 10.0. The quantitative estimate of drug-likeness (QED) is 0.466. The average Bonchev–Trinajstić information content (AvgIpc) is 2.16. The number of anilines is 1. The molecule has 0 heterocycles. The molecule has 0 unspecified atom stereocenters. The summed E-state index contributed by atoms with van der Waals surface area (Å²) in [5.41, 5.74) is 6.25. The molecule has 82 valence electrons. The largest absolute Gasteiger partial charge is 0.462 e. The summed E-state index contributed by atoms with van der Waals surface area (Å²) in [6.45, 7) is 0.173. The van der Waals surface area contributed by atoms with Gasteiger partial charge >= 0.3 is 5.97 Å². The van der Waals surface area contributed by atoms with Gasteiger partial charge in [-0.3, -0.25) is 0 Å². The van der Waals surface area contributed by atoms with E-state index in [2.05, 4.69) is 0 Å². The zero-order chi connectivity index (χ0) is 11.3. The van der Waals surface area contributed by atoms with Gasteiger partial charge in [0.25, 0.3) is 0 Å². The third-order valence-corrected chi connectivity index (χ3v) is 1.91. The molecule has 1 aromatic rings. The highest BCUT2D eigenvalue weighted by atomic mass is 35.5. The van der Waals surface area contributed by atoms with E-state index in [9.17, 15) is 4.79 Å². The van der Waals surface area contributed by atoms with Gasteiger partial charge in [-0.15, -0.1) is 0 Å². The molecular formula is C10H12ClNO3. The predicted octanol–water partition coefficient (Wildman–Crippen LogP) is 1.46. The number of carbonyl (C=O) groups is 1. The van der Waals surface area contributed by atoms with Crippen LogP contribution in [-0.4, -0.2) is 24.3 Å². The number of esters is 1. The van der Waals surface area contributed by atoms with Crippen molar-refractivity contribution in [1.82, 2.24) is 0 Å². The average molecular weight is 230 g/mol. The Balaban J connectivity index is 2.65.